The predicted molar refractivity (Wildman–Crippen MR) is 85.5 cm³/mol. The van der Waals surface area contributed by atoms with Gasteiger partial charge < -0.3 is 5.32 Å². The maximum Gasteiger partial charge on any atom is 0.130 e. The molecule has 112 valence electrons. The van der Waals surface area contributed by atoms with Crippen LogP contribution in [0, 0.1) is 0 Å². The summed E-state index contributed by atoms with van der Waals surface area (Å²) in [4.78, 5) is 6.60. The van der Waals surface area contributed by atoms with Crippen molar-refractivity contribution in [3.05, 3.63) is 28.0 Å². The topological polar surface area (TPSA) is 28.2 Å². The van der Waals surface area contributed by atoms with Gasteiger partial charge in [-0.3, -0.25) is 4.90 Å². The summed E-state index contributed by atoms with van der Waals surface area (Å²) in [6.45, 7) is 6.36. The first-order valence-electron chi connectivity index (χ1n) is 7.44. The molecule has 1 N–H and O–H groups in total. The molecule has 1 fully saturated rings. The van der Waals surface area contributed by atoms with E-state index in [1.165, 1.54) is 19.3 Å². The molecule has 2 heterocycles. The average Bonchev–Trinajstić information content (AvgIpc) is 2.43. The van der Waals surface area contributed by atoms with Crippen LogP contribution in [-0.2, 0) is 6.54 Å². The van der Waals surface area contributed by atoms with Crippen molar-refractivity contribution < 1.29 is 0 Å². The van der Waals surface area contributed by atoms with Gasteiger partial charge in [-0.1, -0.05) is 36.5 Å². The van der Waals surface area contributed by atoms with E-state index in [4.69, 9.17) is 23.2 Å². The molecular weight excluding hydrogens is 293 g/mol. The Hall–Kier alpha value is -0.350. The minimum absolute atomic E-state index is 0.453. The number of nitrogens with one attached hydrogen (secondary N) is 1. The highest BCUT2D eigenvalue weighted by Crippen LogP contribution is 2.21. The largest absolute Gasteiger partial charge is 0.313 e. The Bertz CT molecular complexity index is 420. The third-order valence-electron chi connectivity index (χ3n) is 3.72. The van der Waals surface area contributed by atoms with Crippen molar-refractivity contribution in [3.8, 4) is 0 Å². The van der Waals surface area contributed by atoms with Crippen molar-refractivity contribution in [2.24, 2.45) is 0 Å². The molecule has 0 aromatic carbocycles. The molecule has 0 saturated carbocycles. The van der Waals surface area contributed by atoms with Crippen LogP contribution in [0.15, 0.2) is 12.3 Å². The number of aromatic nitrogens is 1. The minimum Gasteiger partial charge on any atom is -0.313 e. The summed E-state index contributed by atoms with van der Waals surface area (Å²) in [5.74, 6) is 0. The zero-order valence-electron chi connectivity index (χ0n) is 12.0. The van der Waals surface area contributed by atoms with Crippen LogP contribution in [0.3, 0.4) is 0 Å². The summed E-state index contributed by atoms with van der Waals surface area (Å²) < 4.78 is 0. The lowest BCUT2D eigenvalue weighted by molar-refractivity contribution is 0.217. The Balaban J connectivity index is 1.96. The van der Waals surface area contributed by atoms with Crippen molar-refractivity contribution in [1.29, 1.82) is 0 Å². The van der Waals surface area contributed by atoms with Crippen LogP contribution in [0.4, 0.5) is 0 Å². The quantitative estimate of drug-likeness (QED) is 0.810. The van der Waals surface area contributed by atoms with Crippen molar-refractivity contribution >= 4 is 23.2 Å². The number of piperidine rings is 1. The second-order valence-electron chi connectivity index (χ2n) is 5.48. The normalized spacial score (nSPS) is 19.5. The van der Waals surface area contributed by atoms with Crippen LogP contribution in [0.5, 0.6) is 0 Å². The predicted octanol–water partition coefficient (Wildman–Crippen LogP) is 3.74. The second-order valence-corrected chi connectivity index (χ2v) is 6.27. The smallest absolute Gasteiger partial charge is 0.130 e. The monoisotopic (exact) mass is 315 g/mol. The molecule has 20 heavy (non-hydrogen) atoms. The Kier molecular flexibility index (Phi) is 6.56. The van der Waals surface area contributed by atoms with Gasteiger partial charge in [0.25, 0.3) is 0 Å². The molecule has 0 aliphatic carbocycles. The summed E-state index contributed by atoms with van der Waals surface area (Å²) in [5, 5.41) is 4.77. The molecule has 1 aromatic rings. The van der Waals surface area contributed by atoms with Gasteiger partial charge in [0, 0.05) is 35.9 Å². The van der Waals surface area contributed by atoms with Crippen molar-refractivity contribution in [3.63, 3.8) is 0 Å². The van der Waals surface area contributed by atoms with Crippen LogP contribution in [0.1, 0.15) is 38.2 Å². The fraction of sp³-hybridized carbons (Fsp3) is 0.667. The van der Waals surface area contributed by atoms with Gasteiger partial charge in [0.15, 0.2) is 0 Å². The molecule has 1 aliphatic heterocycles. The van der Waals surface area contributed by atoms with Gasteiger partial charge in [-0.15, -0.1) is 0 Å². The zero-order valence-corrected chi connectivity index (χ0v) is 13.6. The van der Waals surface area contributed by atoms with Crippen LogP contribution in [0.2, 0.25) is 10.2 Å². The minimum atomic E-state index is 0.453. The van der Waals surface area contributed by atoms with E-state index in [1.54, 1.807) is 12.3 Å². The molecule has 1 saturated heterocycles. The van der Waals surface area contributed by atoms with E-state index < -0.39 is 0 Å². The number of halogens is 2. The van der Waals surface area contributed by atoms with Gasteiger partial charge in [-0.25, -0.2) is 4.98 Å². The summed E-state index contributed by atoms with van der Waals surface area (Å²) in [5.41, 5.74) is 1.06. The molecule has 5 heteroatoms. The van der Waals surface area contributed by atoms with E-state index in [9.17, 15) is 0 Å². The molecule has 3 nitrogen and oxygen atoms in total. The van der Waals surface area contributed by atoms with E-state index >= 15 is 0 Å². The van der Waals surface area contributed by atoms with Gasteiger partial charge >= 0.3 is 0 Å². The Morgan fingerprint density at radius 2 is 2.25 bits per heavy atom. The van der Waals surface area contributed by atoms with Crippen LogP contribution in [0.25, 0.3) is 0 Å². The highest BCUT2D eigenvalue weighted by molar-refractivity contribution is 6.34. The first-order chi connectivity index (χ1) is 9.69. The number of hydrogen-bond acceptors (Lipinski definition) is 3. The average molecular weight is 316 g/mol. The lowest BCUT2D eigenvalue weighted by Crippen LogP contribution is -2.43. The molecule has 1 atom stereocenters. The fourth-order valence-electron chi connectivity index (χ4n) is 2.74. The molecule has 1 aromatic heterocycles. The van der Waals surface area contributed by atoms with Gasteiger partial charge in [0.2, 0.25) is 0 Å². The first kappa shape index (κ1) is 16.0. The van der Waals surface area contributed by atoms with Crippen LogP contribution < -0.4 is 5.32 Å². The molecule has 0 amide bonds. The summed E-state index contributed by atoms with van der Waals surface area (Å²) >= 11 is 12.1. The highest BCUT2D eigenvalue weighted by atomic mass is 35.5. The van der Waals surface area contributed by atoms with Gasteiger partial charge in [-0.05, 0) is 38.4 Å². The van der Waals surface area contributed by atoms with Crippen LogP contribution >= 0.6 is 23.2 Å². The van der Waals surface area contributed by atoms with Crippen molar-refractivity contribution in [2.75, 3.05) is 19.6 Å². The van der Waals surface area contributed by atoms with Gasteiger partial charge in [0.1, 0.15) is 5.15 Å². The molecule has 0 spiro atoms. The van der Waals surface area contributed by atoms with Gasteiger partial charge in [0.05, 0.1) is 0 Å². The van der Waals surface area contributed by atoms with E-state index in [1.807, 2.05) is 0 Å². The third kappa shape index (κ3) is 4.88. The number of hydrogen-bond donors (Lipinski definition) is 1. The summed E-state index contributed by atoms with van der Waals surface area (Å²) in [6, 6.07) is 2.33. The lowest BCUT2D eigenvalue weighted by Gasteiger charge is -2.30. The molecule has 1 aliphatic rings. The van der Waals surface area contributed by atoms with Crippen molar-refractivity contribution in [1.82, 2.24) is 15.2 Å². The molecule has 1 unspecified atom stereocenters. The van der Waals surface area contributed by atoms with E-state index in [0.717, 1.165) is 38.2 Å². The standard InChI is InChI=1S/C15H23Cl2N3/c1-2-7-20(11-13-5-3-4-6-18-13)10-12-9-19-15(17)8-14(12)16/h8-9,13,18H,2-7,10-11H2,1H3. The third-order valence-corrected chi connectivity index (χ3v) is 4.28. The number of pyridine rings is 1. The first-order valence-corrected chi connectivity index (χ1v) is 8.20. The summed E-state index contributed by atoms with van der Waals surface area (Å²) in [6.07, 6.45) is 6.85. The molecule has 2 rings (SSSR count). The van der Waals surface area contributed by atoms with Crippen LogP contribution in [-0.4, -0.2) is 35.6 Å². The maximum absolute atomic E-state index is 6.25. The van der Waals surface area contributed by atoms with Gasteiger partial charge in [-0.2, -0.15) is 0 Å². The summed E-state index contributed by atoms with van der Waals surface area (Å²) in [7, 11) is 0. The number of rotatable bonds is 6. The lowest BCUT2D eigenvalue weighted by atomic mass is 10.0. The second kappa shape index (κ2) is 8.18. The zero-order chi connectivity index (χ0) is 14.4. The van der Waals surface area contributed by atoms with E-state index in [2.05, 4.69) is 22.1 Å². The highest BCUT2D eigenvalue weighted by Gasteiger charge is 2.17. The van der Waals surface area contributed by atoms with Crippen molar-refractivity contribution in [2.45, 2.75) is 45.2 Å². The number of nitrogens with zero attached hydrogens (tertiary/aromatic N) is 2. The Morgan fingerprint density at radius 1 is 1.40 bits per heavy atom. The fourth-order valence-corrected chi connectivity index (χ4v) is 3.16. The SMILES string of the molecule is CCCN(Cc1cnc(Cl)cc1Cl)CC1CCCCN1. The molecule has 0 bridgehead atoms. The Labute approximate surface area is 131 Å². The molecule has 0 radical (unpaired) electrons. The molecular formula is C15H23Cl2N3. The maximum atomic E-state index is 6.25. The van der Waals surface area contributed by atoms with E-state index in [0.29, 0.717) is 16.2 Å². The Morgan fingerprint density at radius 3 is 2.90 bits per heavy atom. The van der Waals surface area contributed by atoms with E-state index in [-0.39, 0.29) is 0 Å².